The normalized spacial score (nSPS) is 11.4. The minimum atomic E-state index is 0.445. The lowest BCUT2D eigenvalue weighted by molar-refractivity contribution is -0.119. The van der Waals surface area contributed by atoms with E-state index in [4.69, 9.17) is 0 Å². The van der Waals surface area contributed by atoms with Crippen LogP contribution in [0.2, 0.25) is 0 Å². The van der Waals surface area contributed by atoms with Crippen LogP contribution in [0.3, 0.4) is 0 Å². The Balaban J connectivity index is 3.19. The van der Waals surface area contributed by atoms with Gasteiger partial charge in [-0.15, -0.1) is 0 Å². The maximum Gasteiger partial charge on any atom is 0.132 e. The van der Waals surface area contributed by atoms with Gasteiger partial charge in [-0.1, -0.05) is 69.6 Å². The predicted octanol–water partition coefficient (Wildman–Crippen LogP) is 5.77. The topological polar surface area (TPSA) is 17.1 Å². The Bertz CT molecular complexity index is 273. The largest absolute Gasteiger partial charge is 0.300 e. The lowest BCUT2D eigenvalue weighted by Gasteiger charge is -2.00. The first kappa shape index (κ1) is 17.9. The zero-order valence-corrected chi connectivity index (χ0v) is 12.6. The summed E-state index contributed by atoms with van der Waals surface area (Å²) >= 11 is 0. The summed E-state index contributed by atoms with van der Waals surface area (Å²) in [5.41, 5.74) is 0. The SMILES string of the molecule is C=C/C=C\C=C\CCCCCCCCC(=O)CCC. The molecular formula is C18H30O. The van der Waals surface area contributed by atoms with Crippen LogP contribution in [0.4, 0.5) is 0 Å². The van der Waals surface area contributed by atoms with Crippen molar-refractivity contribution in [1.29, 1.82) is 0 Å². The summed E-state index contributed by atoms with van der Waals surface area (Å²) in [5, 5.41) is 0. The highest BCUT2D eigenvalue weighted by atomic mass is 16.1. The Morgan fingerprint density at radius 1 is 0.895 bits per heavy atom. The molecule has 0 aromatic carbocycles. The Labute approximate surface area is 119 Å². The van der Waals surface area contributed by atoms with Gasteiger partial charge in [0.2, 0.25) is 0 Å². The minimum Gasteiger partial charge on any atom is -0.300 e. The molecule has 0 N–H and O–H groups in total. The van der Waals surface area contributed by atoms with E-state index in [0.717, 1.165) is 32.1 Å². The summed E-state index contributed by atoms with van der Waals surface area (Å²) in [6.45, 7) is 5.69. The molecule has 0 radical (unpaired) electrons. The number of rotatable bonds is 13. The summed E-state index contributed by atoms with van der Waals surface area (Å²) in [4.78, 5) is 11.3. The maximum absolute atomic E-state index is 11.3. The Hall–Kier alpha value is -1.11. The zero-order valence-electron chi connectivity index (χ0n) is 12.6. The van der Waals surface area contributed by atoms with Gasteiger partial charge in [-0.05, 0) is 25.7 Å². The van der Waals surface area contributed by atoms with Crippen molar-refractivity contribution >= 4 is 5.78 Å². The molecule has 0 aliphatic carbocycles. The molecule has 0 saturated heterocycles. The van der Waals surface area contributed by atoms with Crippen molar-refractivity contribution in [3.05, 3.63) is 37.0 Å². The first-order valence-corrected chi connectivity index (χ1v) is 7.77. The molecule has 0 aliphatic heterocycles. The van der Waals surface area contributed by atoms with Crippen molar-refractivity contribution in [1.82, 2.24) is 0 Å². The number of unbranched alkanes of at least 4 members (excludes halogenated alkanes) is 6. The summed E-state index contributed by atoms with van der Waals surface area (Å²) in [6, 6.07) is 0. The Morgan fingerprint density at radius 3 is 2.26 bits per heavy atom. The molecule has 19 heavy (non-hydrogen) atoms. The summed E-state index contributed by atoms with van der Waals surface area (Å²) < 4.78 is 0. The molecule has 0 amide bonds. The van der Waals surface area contributed by atoms with E-state index < -0.39 is 0 Å². The van der Waals surface area contributed by atoms with Crippen LogP contribution in [0.5, 0.6) is 0 Å². The number of hydrogen-bond donors (Lipinski definition) is 0. The van der Waals surface area contributed by atoms with Gasteiger partial charge in [0.25, 0.3) is 0 Å². The van der Waals surface area contributed by atoms with E-state index in [0.29, 0.717) is 5.78 Å². The molecule has 0 saturated carbocycles. The highest BCUT2D eigenvalue weighted by Crippen LogP contribution is 2.10. The molecule has 0 spiro atoms. The van der Waals surface area contributed by atoms with Crippen molar-refractivity contribution in [3.63, 3.8) is 0 Å². The van der Waals surface area contributed by atoms with Crippen LogP contribution in [0.1, 0.15) is 71.1 Å². The molecule has 0 fully saturated rings. The zero-order chi connectivity index (χ0) is 14.2. The molecule has 0 heterocycles. The number of ketones is 1. The average molecular weight is 262 g/mol. The second-order valence-electron chi connectivity index (χ2n) is 5.00. The fraction of sp³-hybridized carbons (Fsp3) is 0.611. The lowest BCUT2D eigenvalue weighted by atomic mass is 10.1. The van der Waals surface area contributed by atoms with Crippen molar-refractivity contribution in [3.8, 4) is 0 Å². The fourth-order valence-electron chi connectivity index (χ4n) is 2.01. The third-order valence-electron chi connectivity index (χ3n) is 3.10. The highest BCUT2D eigenvalue weighted by molar-refractivity contribution is 5.78. The lowest BCUT2D eigenvalue weighted by Crippen LogP contribution is -1.96. The second-order valence-corrected chi connectivity index (χ2v) is 5.00. The van der Waals surface area contributed by atoms with Crippen LogP contribution in [0, 0.1) is 0 Å². The molecule has 0 aromatic rings. The smallest absolute Gasteiger partial charge is 0.132 e. The van der Waals surface area contributed by atoms with Crippen molar-refractivity contribution in [2.75, 3.05) is 0 Å². The van der Waals surface area contributed by atoms with Gasteiger partial charge in [-0.2, -0.15) is 0 Å². The third kappa shape index (κ3) is 14.8. The molecule has 0 rings (SSSR count). The van der Waals surface area contributed by atoms with Gasteiger partial charge < -0.3 is 0 Å². The number of allylic oxidation sites excluding steroid dienone is 5. The van der Waals surface area contributed by atoms with E-state index in [1.54, 1.807) is 6.08 Å². The van der Waals surface area contributed by atoms with Gasteiger partial charge in [-0.25, -0.2) is 0 Å². The number of carbonyl (C=O) groups excluding carboxylic acids is 1. The quantitative estimate of drug-likeness (QED) is 0.304. The first-order valence-electron chi connectivity index (χ1n) is 7.77. The van der Waals surface area contributed by atoms with Gasteiger partial charge >= 0.3 is 0 Å². The second kappa shape index (κ2) is 14.9. The average Bonchev–Trinajstić information content (AvgIpc) is 2.40. The minimum absolute atomic E-state index is 0.445. The molecule has 0 aromatic heterocycles. The molecule has 0 bridgehead atoms. The van der Waals surface area contributed by atoms with Crippen LogP contribution in [-0.4, -0.2) is 5.78 Å². The van der Waals surface area contributed by atoms with E-state index in [2.05, 4.69) is 25.7 Å². The number of hydrogen-bond acceptors (Lipinski definition) is 1. The van der Waals surface area contributed by atoms with Gasteiger partial charge in [0.1, 0.15) is 5.78 Å². The van der Waals surface area contributed by atoms with E-state index in [1.165, 1.54) is 32.1 Å². The van der Waals surface area contributed by atoms with Crippen molar-refractivity contribution in [2.45, 2.75) is 71.1 Å². The third-order valence-corrected chi connectivity index (χ3v) is 3.10. The summed E-state index contributed by atoms with van der Waals surface area (Å²) in [6.07, 6.45) is 21.2. The van der Waals surface area contributed by atoms with Gasteiger partial charge in [0.05, 0.1) is 0 Å². The summed E-state index contributed by atoms with van der Waals surface area (Å²) in [7, 11) is 0. The van der Waals surface area contributed by atoms with Crippen LogP contribution in [0.25, 0.3) is 0 Å². The molecular weight excluding hydrogens is 232 g/mol. The number of Topliss-reactive ketones (excluding diaryl/α,β-unsaturated/α-hetero) is 1. The van der Waals surface area contributed by atoms with Crippen molar-refractivity contribution < 1.29 is 4.79 Å². The van der Waals surface area contributed by atoms with Crippen LogP contribution in [0.15, 0.2) is 37.0 Å². The predicted molar refractivity (Wildman–Crippen MR) is 85.3 cm³/mol. The molecule has 108 valence electrons. The van der Waals surface area contributed by atoms with Gasteiger partial charge in [0, 0.05) is 12.8 Å². The standard InChI is InChI=1S/C18H30O/c1-3-5-6-7-8-9-10-11-12-13-14-15-17-18(19)16-4-2/h3,5-8H,1,4,9-17H2,2H3/b6-5-,8-7+. The highest BCUT2D eigenvalue weighted by Gasteiger charge is 1.99. The molecule has 0 unspecified atom stereocenters. The molecule has 0 aliphatic rings. The first-order chi connectivity index (χ1) is 9.31. The molecule has 1 nitrogen and oxygen atoms in total. The monoisotopic (exact) mass is 262 g/mol. The van der Waals surface area contributed by atoms with E-state index >= 15 is 0 Å². The molecule has 1 heteroatoms. The van der Waals surface area contributed by atoms with Gasteiger partial charge in [0.15, 0.2) is 0 Å². The van der Waals surface area contributed by atoms with E-state index in [1.807, 2.05) is 12.2 Å². The van der Waals surface area contributed by atoms with Crippen molar-refractivity contribution in [2.24, 2.45) is 0 Å². The van der Waals surface area contributed by atoms with Crippen LogP contribution < -0.4 is 0 Å². The summed E-state index contributed by atoms with van der Waals surface area (Å²) in [5.74, 6) is 0.445. The number of carbonyl (C=O) groups is 1. The Kier molecular flexibility index (Phi) is 14.1. The van der Waals surface area contributed by atoms with E-state index in [9.17, 15) is 4.79 Å². The molecule has 0 atom stereocenters. The van der Waals surface area contributed by atoms with Crippen LogP contribution in [-0.2, 0) is 4.79 Å². The Morgan fingerprint density at radius 2 is 1.58 bits per heavy atom. The fourth-order valence-corrected chi connectivity index (χ4v) is 2.01. The van der Waals surface area contributed by atoms with E-state index in [-0.39, 0.29) is 0 Å². The van der Waals surface area contributed by atoms with Crippen LogP contribution >= 0.6 is 0 Å². The van der Waals surface area contributed by atoms with Gasteiger partial charge in [-0.3, -0.25) is 4.79 Å². The maximum atomic E-state index is 11.3.